The van der Waals surface area contributed by atoms with Crippen LogP contribution in [-0.4, -0.2) is 30.3 Å². The minimum atomic E-state index is 0.0567. The summed E-state index contributed by atoms with van der Waals surface area (Å²) in [6.07, 6.45) is 3.47. The molecule has 0 aromatic rings. The van der Waals surface area contributed by atoms with E-state index in [1.165, 1.54) is 0 Å². The van der Waals surface area contributed by atoms with Crippen molar-refractivity contribution < 1.29 is 9.59 Å². The minimum Gasteiger partial charge on any atom is -0.354 e. The van der Waals surface area contributed by atoms with E-state index < -0.39 is 0 Å². The second kappa shape index (κ2) is 6.67. The third-order valence-electron chi connectivity index (χ3n) is 2.42. The summed E-state index contributed by atoms with van der Waals surface area (Å²) >= 11 is 5.51. The van der Waals surface area contributed by atoms with Crippen LogP contribution >= 0.6 is 11.6 Å². The van der Waals surface area contributed by atoms with Gasteiger partial charge in [-0.3, -0.25) is 9.59 Å². The minimum absolute atomic E-state index is 0.0567. The first-order valence-electron chi connectivity index (χ1n) is 5.34. The quantitative estimate of drug-likeness (QED) is 0.544. The molecule has 1 rings (SSSR count). The molecule has 1 unspecified atom stereocenters. The molecule has 4 nitrogen and oxygen atoms in total. The van der Waals surface area contributed by atoms with Crippen LogP contribution in [0.15, 0.2) is 0 Å². The molecule has 0 aromatic heterocycles. The molecule has 0 aliphatic carbocycles. The summed E-state index contributed by atoms with van der Waals surface area (Å²) in [6.45, 7) is 0.556. The number of carbonyl (C=O) groups is 2. The summed E-state index contributed by atoms with van der Waals surface area (Å²) in [4.78, 5) is 22.3. The molecule has 1 saturated heterocycles. The van der Waals surface area contributed by atoms with E-state index in [9.17, 15) is 9.59 Å². The summed E-state index contributed by atoms with van der Waals surface area (Å²) in [5.74, 6) is 0.733. The second-order valence-corrected chi connectivity index (χ2v) is 4.13. The maximum absolute atomic E-state index is 11.4. The zero-order valence-electron chi connectivity index (χ0n) is 8.72. The molecule has 2 N–H and O–H groups in total. The number of nitrogens with one attached hydrogen (secondary N) is 2. The van der Waals surface area contributed by atoms with Crippen molar-refractivity contribution in [2.75, 3.05) is 12.4 Å². The molecule has 86 valence electrons. The lowest BCUT2D eigenvalue weighted by molar-refractivity contribution is -0.125. The Hall–Kier alpha value is -0.770. The molecular weight excluding hydrogens is 216 g/mol. The summed E-state index contributed by atoms with van der Waals surface area (Å²) in [7, 11) is 0. The fourth-order valence-electron chi connectivity index (χ4n) is 1.54. The first-order valence-corrected chi connectivity index (χ1v) is 5.88. The highest BCUT2D eigenvalue weighted by Gasteiger charge is 2.18. The number of unbranched alkanes of at least 4 members (excludes halogenated alkanes) is 1. The molecule has 1 fully saturated rings. The Morgan fingerprint density at radius 3 is 2.93 bits per heavy atom. The van der Waals surface area contributed by atoms with Gasteiger partial charge >= 0.3 is 0 Å². The van der Waals surface area contributed by atoms with Gasteiger partial charge in [0.2, 0.25) is 11.8 Å². The van der Waals surface area contributed by atoms with E-state index in [4.69, 9.17) is 11.6 Å². The lowest BCUT2D eigenvalue weighted by Gasteiger charge is -2.23. The molecule has 0 aromatic carbocycles. The number of halogens is 1. The van der Waals surface area contributed by atoms with E-state index in [1.54, 1.807) is 0 Å². The predicted octanol–water partition coefficient (Wildman–Crippen LogP) is 0.790. The summed E-state index contributed by atoms with van der Waals surface area (Å²) in [6, 6.07) is 0.103. The molecule has 0 radical (unpaired) electrons. The van der Waals surface area contributed by atoms with Crippen LogP contribution in [0.4, 0.5) is 0 Å². The Morgan fingerprint density at radius 1 is 1.53 bits per heavy atom. The van der Waals surface area contributed by atoms with Gasteiger partial charge in [0.05, 0.1) is 0 Å². The van der Waals surface area contributed by atoms with Gasteiger partial charge in [0.25, 0.3) is 0 Å². The topological polar surface area (TPSA) is 58.2 Å². The molecule has 0 spiro atoms. The van der Waals surface area contributed by atoms with E-state index in [0.717, 1.165) is 19.3 Å². The van der Waals surface area contributed by atoms with Gasteiger partial charge in [-0.15, -0.1) is 11.6 Å². The van der Waals surface area contributed by atoms with Crippen molar-refractivity contribution in [2.45, 2.75) is 38.1 Å². The second-order valence-electron chi connectivity index (χ2n) is 3.75. The van der Waals surface area contributed by atoms with Gasteiger partial charge in [-0.1, -0.05) is 0 Å². The molecule has 2 amide bonds. The van der Waals surface area contributed by atoms with Crippen molar-refractivity contribution in [3.63, 3.8) is 0 Å². The normalized spacial score (nSPS) is 20.9. The van der Waals surface area contributed by atoms with Crippen molar-refractivity contribution in [3.8, 4) is 0 Å². The third-order valence-corrected chi connectivity index (χ3v) is 2.69. The van der Waals surface area contributed by atoms with Crippen LogP contribution in [0, 0.1) is 0 Å². The number of amides is 2. The highest BCUT2D eigenvalue weighted by atomic mass is 35.5. The average Bonchev–Trinajstić information content (AvgIpc) is 2.22. The zero-order valence-corrected chi connectivity index (χ0v) is 9.48. The fourth-order valence-corrected chi connectivity index (χ4v) is 1.72. The molecule has 1 aliphatic rings. The number of hydrogen-bond acceptors (Lipinski definition) is 2. The lowest BCUT2D eigenvalue weighted by atomic mass is 10.1. The molecule has 0 bridgehead atoms. The van der Waals surface area contributed by atoms with E-state index in [0.29, 0.717) is 25.3 Å². The van der Waals surface area contributed by atoms with Gasteiger partial charge in [0.15, 0.2) is 0 Å². The lowest BCUT2D eigenvalue weighted by Crippen LogP contribution is -2.47. The van der Waals surface area contributed by atoms with Gasteiger partial charge in [-0.25, -0.2) is 0 Å². The first-order chi connectivity index (χ1) is 7.22. The van der Waals surface area contributed by atoms with Gasteiger partial charge in [-0.05, 0) is 19.3 Å². The summed E-state index contributed by atoms with van der Waals surface area (Å²) in [5, 5.41) is 5.63. The number of piperidine rings is 1. The van der Waals surface area contributed by atoms with Crippen molar-refractivity contribution in [1.82, 2.24) is 10.6 Å². The third kappa shape index (κ3) is 5.02. The number of alkyl halides is 1. The maximum Gasteiger partial charge on any atom is 0.220 e. The number of hydrogen-bond donors (Lipinski definition) is 2. The monoisotopic (exact) mass is 232 g/mol. The molecule has 0 saturated carbocycles. The fraction of sp³-hybridized carbons (Fsp3) is 0.800. The van der Waals surface area contributed by atoms with Gasteiger partial charge in [0, 0.05) is 31.3 Å². The van der Waals surface area contributed by atoms with Crippen LogP contribution in [0.3, 0.4) is 0 Å². The number of rotatable bonds is 5. The van der Waals surface area contributed by atoms with Crippen LogP contribution in [0.5, 0.6) is 0 Å². The van der Waals surface area contributed by atoms with E-state index >= 15 is 0 Å². The predicted molar refractivity (Wildman–Crippen MR) is 58.7 cm³/mol. The van der Waals surface area contributed by atoms with Crippen molar-refractivity contribution in [3.05, 3.63) is 0 Å². The highest BCUT2D eigenvalue weighted by molar-refractivity contribution is 6.17. The van der Waals surface area contributed by atoms with E-state index in [-0.39, 0.29) is 17.9 Å². The van der Waals surface area contributed by atoms with Crippen LogP contribution in [0.25, 0.3) is 0 Å². The summed E-state index contributed by atoms with van der Waals surface area (Å²) in [5.41, 5.74) is 0. The Kier molecular flexibility index (Phi) is 5.47. The van der Waals surface area contributed by atoms with Crippen LogP contribution in [0.2, 0.25) is 0 Å². The molecule has 1 heterocycles. The van der Waals surface area contributed by atoms with Crippen LogP contribution in [-0.2, 0) is 9.59 Å². The summed E-state index contributed by atoms with van der Waals surface area (Å²) < 4.78 is 0. The smallest absolute Gasteiger partial charge is 0.220 e. The molecule has 15 heavy (non-hydrogen) atoms. The largest absolute Gasteiger partial charge is 0.354 e. The Labute approximate surface area is 94.7 Å². The van der Waals surface area contributed by atoms with Crippen molar-refractivity contribution >= 4 is 23.4 Å². The molecule has 5 heteroatoms. The van der Waals surface area contributed by atoms with Gasteiger partial charge in [0.1, 0.15) is 0 Å². The maximum atomic E-state index is 11.4. The molecule has 1 aliphatic heterocycles. The Morgan fingerprint density at radius 2 is 2.33 bits per heavy atom. The van der Waals surface area contributed by atoms with Crippen molar-refractivity contribution in [1.29, 1.82) is 0 Å². The Balaban J connectivity index is 2.12. The first kappa shape index (κ1) is 12.3. The van der Waals surface area contributed by atoms with Gasteiger partial charge in [-0.2, -0.15) is 0 Å². The van der Waals surface area contributed by atoms with E-state index in [1.807, 2.05) is 0 Å². The highest BCUT2D eigenvalue weighted by Crippen LogP contribution is 2.04. The number of carbonyl (C=O) groups excluding carboxylic acids is 2. The van der Waals surface area contributed by atoms with Gasteiger partial charge < -0.3 is 10.6 Å². The van der Waals surface area contributed by atoms with E-state index in [2.05, 4.69) is 10.6 Å². The van der Waals surface area contributed by atoms with Crippen molar-refractivity contribution in [2.24, 2.45) is 0 Å². The molecule has 1 atom stereocenters. The average molecular weight is 233 g/mol. The van der Waals surface area contributed by atoms with Crippen LogP contribution in [0.1, 0.15) is 32.1 Å². The van der Waals surface area contributed by atoms with Crippen LogP contribution < -0.4 is 10.6 Å². The Bertz CT molecular complexity index is 223. The molecular formula is C10H17ClN2O2. The standard InChI is InChI=1S/C10H17ClN2O2/c11-6-2-1-3-10(15)13-8-4-5-9(14)12-7-8/h8H,1-7H2,(H,12,14)(H,13,15). The SMILES string of the molecule is O=C1CCC(NC(=O)CCCCCl)CN1. The zero-order chi connectivity index (χ0) is 11.1.